The molecular formula is C20H28N6OS. The van der Waals surface area contributed by atoms with Crippen LogP contribution in [0.25, 0.3) is 0 Å². The molecule has 1 aromatic heterocycles. The van der Waals surface area contributed by atoms with Gasteiger partial charge in [-0.15, -0.1) is 11.8 Å². The lowest BCUT2D eigenvalue weighted by molar-refractivity contribution is -0.130. The van der Waals surface area contributed by atoms with Gasteiger partial charge in [-0.3, -0.25) is 4.79 Å². The van der Waals surface area contributed by atoms with Crippen molar-refractivity contribution in [1.82, 2.24) is 19.9 Å². The molecular weight excluding hydrogens is 372 g/mol. The third kappa shape index (κ3) is 5.82. The zero-order valence-electron chi connectivity index (χ0n) is 16.5. The van der Waals surface area contributed by atoms with Crippen LogP contribution in [0.4, 0.5) is 17.6 Å². The number of carbonyl (C=O) groups excluding carboxylic acids is 1. The summed E-state index contributed by atoms with van der Waals surface area (Å²) in [6.45, 7) is 5.72. The third-order valence-electron chi connectivity index (χ3n) is 4.73. The van der Waals surface area contributed by atoms with Gasteiger partial charge < -0.3 is 16.0 Å². The van der Waals surface area contributed by atoms with E-state index in [4.69, 9.17) is 5.73 Å². The van der Waals surface area contributed by atoms with E-state index in [1.54, 1.807) is 0 Å². The number of benzene rings is 1. The first-order chi connectivity index (χ1) is 13.5. The molecule has 3 rings (SSSR count). The number of nitrogens with zero attached hydrogens (tertiary/aromatic N) is 4. The molecule has 0 spiro atoms. The summed E-state index contributed by atoms with van der Waals surface area (Å²) in [6, 6.07) is 7.96. The van der Waals surface area contributed by atoms with E-state index >= 15 is 0 Å². The summed E-state index contributed by atoms with van der Waals surface area (Å²) in [5, 5.41) is 3.02. The molecule has 1 atom stereocenters. The number of nitrogen functional groups attached to an aromatic ring is 1. The van der Waals surface area contributed by atoms with Gasteiger partial charge in [0.05, 0.1) is 11.0 Å². The Hall–Kier alpha value is -2.35. The van der Waals surface area contributed by atoms with Crippen LogP contribution in [-0.2, 0) is 10.5 Å². The molecule has 3 N–H and O–H groups in total. The molecule has 1 saturated heterocycles. The number of nitrogens with two attached hydrogens (primary N) is 1. The van der Waals surface area contributed by atoms with E-state index in [0.717, 1.165) is 31.6 Å². The standard InChI is InChI=1S/C20H28N6OS/c1-14-7-9-16(10-8-14)22-20-24-17(23-19(21)25-20)13-28-15(2)18(27)26-11-5-3-4-6-12-26/h7-10,15H,3-6,11-13H2,1-2H3,(H3,21,22,23,24,25). The number of aryl methyl sites for hydroxylation is 1. The number of likely N-dealkylation sites (tertiary alicyclic amines) is 1. The molecule has 1 unspecified atom stereocenters. The van der Waals surface area contributed by atoms with Crippen LogP contribution in [0, 0.1) is 6.92 Å². The summed E-state index contributed by atoms with van der Waals surface area (Å²) in [7, 11) is 0. The Kier molecular flexibility index (Phi) is 7.08. The number of rotatable bonds is 6. The molecule has 150 valence electrons. The molecule has 0 aliphatic carbocycles. The van der Waals surface area contributed by atoms with Gasteiger partial charge in [-0.05, 0) is 38.8 Å². The lowest BCUT2D eigenvalue weighted by Crippen LogP contribution is -2.37. The van der Waals surface area contributed by atoms with Crippen LogP contribution >= 0.6 is 11.8 Å². The van der Waals surface area contributed by atoms with Gasteiger partial charge >= 0.3 is 0 Å². The maximum Gasteiger partial charge on any atom is 0.235 e. The maximum absolute atomic E-state index is 12.7. The fraction of sp³-hybridized carbons (Fsp3) is 0.500. The Morgan fingerprint density at radius 2 is 1.82 bits per heavy atom. The van der Waals surface area contributed by atoms with Crippen LogP contribution < -0.4 is 11.1 Å². The molecule has 1 fully saturated rings. The lowest BCUT2D eigenvalue weighted by atomic mass is 10.2. The van der Waals surface area contributed by atoms with Crippen molar-refractivity contribution in [2.45, 2.75) is 50.5 Å². The molecule has 2 heterocycles. The summed E-state index contributed by atoms with van der Waals surface area (Å²) in [6.07, 6.45) is 4.63. The molecule has 1 aromatic carbocycles. The Morgan fingerprint density at radius 3 is 2.50 bits per heavy atom. The maximum atomic E-state index is 12.7. The Morgan fingerprint density at radius 1 is 1.14 bits per heavy atom. The Balaban J connectivity index is 1.59. The largest absolute Gasteiger partial charge is 0.368 e. The zero-order valence-corrected chi connectivity index (χ0v) is 17.3. The molecule has 1 aliphatic rings. The van der Waals surface area contributed by atoms with Crippen molar-refractivity contribution in [3.05, 3.63) is 35.7 Å². The zero-order chi connectivity index (χ0) is 19.9. The van der Waals surface area contributed by atoms with Gasteiger partial charge in [-0.25, -0.2) is 0 Å². The summed E-state index contributed by atoms with van der Waals surface area (Å²) >= 11 is 1.54. The number of hydrogen-bond donors (Lipinski definition) is 2. The minimum atomic E-state index is -0.135. The quantitative estimate of drug-likeness (QED) is 0.765. The molecule has 0 bridgehead atoms. The molecule has 1 amide bonds. The molecule has 7 nitrogen and oxygen atoms in total. The summed E-state index contributed by atoms with van der Waals surface area (Å²) in [5.74, 6) is 1.87. The second-order valence-corrected chi connectivity index (χ2v) is 8.45. The highest BCUT2D eigenvalue weighted by Gasteiger charge is 2.22. The van der Waals surface area contributed by atoms with Crippen molar-refractivity contribution in [2.75, 3.05) is 24.1 Å². The van der Waals surface area contributed by atoms with E-state index in [9.17, 15) is 4.79 Å². The van der Waals surface area contributed by atoms with Crippen molar-refractivity contribution >= 4 is 35.3 Å². The van der Waals surface area contributed by atoms with E-state index < -0.39 is 0 Å². The minimum absolute atomic E-state index is 0.135. The smallest absolute Gasteiger partial charge is 0.235 e. The van der Waals surface area contributed by atoms with Gasteiger partial charge in [0.2, 0.25) is 17.8 Å². The summed E-state index contributed by atoms with van der Waals surface area (Å²) < 4.78 is 0. The predicted octanol–water partition coefficient (Wildman–Crippen LogP) is 3.53. The van der Waals surface area contributed by atoms with E-state index in [-0.39, 0.29) is 17.1 Å². The summed E-state index contributed by atoms with van der Waals surface area (Å²) in [4.78, 5) is 27.5. The predicted molar refractivity (Wildman–Crippen MR) is 115 cm³/mol. The average Bonchev–Trinajstić information content (AvgIpc) is 2.96. The third-order valence-corrected chi connectivity index (χ3v) is 5.86. The van der Waals surface area contributed by atoms with E-state index in [0.29, 0.717) is 17.5 Å². The number of hydrogen-bond acceptors (Lipinski definition) is 7. The number of thioether (sulfide) groups is 1. The van der Waals surface area contributed by atoms with Crippen LogP contribution in [0.3, 0.4) is 0 Å². The van der Waals surface area contributed by atoms with Gasteiger partial charge in [0.25, 0.3) is 0 Å². The monoisotopic (exact) mass is 400 g/mol. The number of nitrogens with one attached hydrogen (secondary N) is 1. The molecule has 0 radical (unpaired) electrons. The molecule has 1 aliphatic heterocycles. The van der Waals surface area contributed by atoms with Crippen molar-refractivity contribution in [2.24, 2.45) is 0 Å². The summed E-state index contributed by atoms with van der Waals surface area (Å²) in [5.41, 5.74) is 7.92. The van der Waals surface area contributed by atoms with Gasteiger partial charge in [0, 0.05) is 18.8 Å². The normalized spacial score (nSPS) is 15.7. The van der Waals surface area contributed by atoms with Crippen molar-refractivity contribution in [3.63, 3.8) is 0 Å². The molecule has 28 heavy (non-hydrogen) atoms. The van der Waals surface area contributed by atoms with Gasteiger partial charge in [-0.1, -0.05) is 30.5 Å². The average molecular weight is 401 g/mol. The van der Waals surface area contributed by atoms with E-state index in [1.165, 1.54) is 30.2 Å². The highest BCUT2D eigenvalue weighted by Crippen LogP contribution is 2.21. The fourth-order valence-electron chi connectivity index (χ4n) is 3.14. The first-order valence-corrected chi connectivity index (χ1v) is 10.8. The van der Waals surface area contributed by atoms with Gasteiger partial charge in [0.15, 0.2) is 0 Å². The van der Waals surface area contributed by atoms with Crippen LogP contribution in [-0.4, -0.2) is 44.1 Å². The SMILES string of the molecule is Cc1ccc(Nc2nc(N)nc(CSC(C)C(=O)N3CCCCCC3)n2)cc1. The Labute approximate surface area is 170 Å². The topological polar surface area (TPSA) is 97.0 Å². The highest BCUT2D eigenvalue weighted by atomic mass is 32.2. The molecule has 8 heteroatoms. The van der Waals surface area contributed by atoms with Crippen LogP contribution in [0.15, 0.2) is 24.3 Å². The van der Waals surface area contributed by atoms with Gasteiger partial charge in [-0.2, -0.15) is 15.0 Å². The first kappa shape index (κ1) is 20.4. The van der Waals surface area contributed by atoms with Crippen molar-refractivity contribution < 1.29 is 4.79 Å². The number of anilines is 3. The fourth-order valence-corrected chi connectivity index (χ4v) is 3.96. The molecule has 0 saturated carbocycles. The second-order valence-electron chi connectivity index (χ2n) is 7.12. The first-order valence-electron chi connectivity index (χ1n) is 9.76. The molecule has 2 aromatic rings. The second kappa shape index (κ2) is 9.73. The van der Waals surface area contributed by atoms with E-state index in [1.807, 2.05) is 43.0 Å². The van der Waals surface area contributed by atoms with Gasteiger partial charge in [0.1, 0.15) is 5.82 Å². The lowest BCUT2D eigenvalue weighted by Gasteiger charge is -2.23. The minimum Gasteiger partial charge on any atom is -0.368 e. The Bertz CT molecular complexity index is 790. The van der Waals surface area contributed by atoms with Crippen LogP contribution in [0.5, 0.6) is 0 Å². The highest BCUT2D eigenvalue weighted by molar-refractivity contribution is 7.99. The van der Waals surface area contributed by atoms with E-state index in [2.05, 4.69) is 20.3 Å². The number of amides is 1. The van der Waals surface area contributed by atoms with Crippen LogP contribution in [0.2, 0.25) is 0 Å². The van der Waals surface area contributed by atoms with Crippen molar-refractivity contribution in [3.8, 4) is 0 Å². The van der Waals surface area contributed by atoms with Crippen molar-refractivity contribution in [1.29, 1.82) is 0 Å². The number of aromatic nitrogens is 3. The van der Waals surface area contributed by atoms with Crippen LogP contribution in [0.1, 0.15) is 44.0 Å². The number of carbonyl (C=O) groups is 1.